The van der Waals surface area contributed by atoms with Crippen molar-refractivity contribution in [1.82, 2.24) is 0 Å². The lowest BCUT2D eigenvalue weighted by Gasteiger charge is -2.10. The second kappa shape index (κ2) is 7.56. The molecule has 1 N–H and O–H groups in total. The van der Waals surface area contributed by atoms with Crippen molar-refractivity contribution in [3.8, 4) is 5.75 Å². The van der Waals surface area contributed by atoms with Crippen LogP contribution in [0.5, 0.6) is 5.75 Å². The Bertz CT molecular complexity index is 889. The van der Waals surface area contributed by atoms with E-state index >= 15 is 0 Å². The van der Waals surface area contributed by atoms with E-state index in [4.69, 9.17) is 27.9 Å². The van der Waals surface area contributed by atoms with Crippen LogP contribution in [-0.2, 0) is 16.0 Å². The Morgan fingerprint density at radius 1 is 1.12 bits per heavy atom. The lowest BCUT2D eigenvalue weighted by molar-refractivity contribution is -0.133. The van der Waals surface area contributed by atoms with Crippen LogP contribution in [0.4, 0.5) is 0 Å². The number of esters is 1. The van der Waals surface area contributed by atoms with E-state index in [2.05, 4.69) is 0 Å². The molecule has 0 saturated heterocycles. The summed E-state index contributed by atoms with van der Waals surface area (Å²) in [7, 11) is 0. The molecule has 0 fully saturated rings. The zero-order valence-corrected chi connectivity index (χ0v) is 15.9. The number of rotatable bonds is 4. The van der Waals surface area contributed by atoms with E-state index in [0.29, 0.717) is 23.3 Å². The number of halogens is 2. The maximum atomic E-state index is 12.5. The normalized spacial score (nSPS) is 15.9. The summed E-state index contributed by atoms with van der Waals surface area (Å²) in [5, 5.41) is 9.99. The van der Waals surface area contributed by atoms with E-state index in [9.17, 15) is 9.90 Å². The van der Waals surface area contributed by atoms with Gasteiger partial charge in [0.05, 0.1) is 10.0 Å². The van der Waals surface area contributed by atoms with Gasteiger partial charge in [0.15, 0.2) is 5.75 Å². The molecule has 0 bridgehead atoms. The maximum Gasteiger partial charge on any atom is 0.340 e. The summed E-state index contributed by atoms with van der Waals surface area (Å²) in [6, 6.07) is 13.0. The number of hydrogen-bond donors (Lipinski definition) is 1. The Balaban J connectivity index is 2.03. The topological polar surface area (TPSA) is 46.5 Å². The molecule has 0 radical (unpaired) electrons. The second-order valence-corrected chi connectivity index (χ2v) is 7.25. The molecule has 0 amide bonds. The molecule has 1 heterocycles. The highest BCUT2D eigenvalue weighted by Gasteiger charge is 2.31. The van der Waals surface area contributed by atoms with Crippen LogP contribution in [0.3, 0.4) is 0 Å². The standard InChI is InChI=1S/C21H18Cl2O3/c1-12(2)19-15(8-13-6-4-3-5-7-13)21(25)26-18(19)11-14-9-16(22)20(24)17(23)10-14/h3-7,9-12,24H,8H2,1-2H3/b18-11-. The first-order chi connectivity index (χ1) is 12.4. The molecule has 0 aromatic heterocycles. The molecule has 0 spiro atoms. The lowest BCUT2D eigenvalue weighted by Crippen LogP contribution is -2.03. The third-order valence-electron chi connectivity index (χ3n) is 4.18. The van der Waals surface area contributed by atoms with E-state index in [1.807, 2.05) is 44.2 Å². The van der Waals surface area contributed by atoms with Crippen LogP contribution in [0.2, 0.25) is 10.0 Å². The molecule has 0 aliphatic carbocycles. The predicted molar refractivity (Wildman–Crippen MR) is 104 cm³/mol. The minimum absolute atomic E-state index is 0.106. The predicted octanol–water partition coefficient (Wildman–Crippen LogP) is 5.79. The number of benzene rings is 2. The highest BCUT2D eigenvalue weighted by molar-refractivity contribution is 6.37. The first kappa shape index (κ1) is 18.6. The van der Waals surface area contributed by atoms with Crippen molar-refractivity contribution < 1.29 is 14.6 Å². The highest BCUT2D eigenvalue weighted by atomic mass is 35.5. The SMILES string of the molecule is CC(C)C1=C(Cc2ccccc2)C(=O)O/C1=C\c1cc(Cl)c(O)c(Cl)c1. The number of cyclic esters (lactones) is 1. The van der Waals surface area contributed by atoms with Gasteiger partial charge in [-0.05, 0) is 35.3 Å². The van der Waals surface area contributed by atoms with Crippen LogP contribution in [0, 0.1) is 5.92 Å². The van der Waals surface area contributed by atoms with Crippen molar-refractivity contribution in [3.63, 3.8) is 0 Å². The zero-order chi connectivity index (χ0) is 18.8. The third-order valence-corrected chi connectivity index (χ3v) is 4.75. The minimum atomic E-state index is -0.334. The molecule has 0 atom stereocenters. The number of carbonyl (C=O) groups excluding carboxylic acids is 1. The highest BCUT2D eigenvalue weighted by Crippen LogP contribution is 2.37. The monoisotopic (exact) mass is 388 g/mol. The number of aromatic hydroxyl groups is 1. The van der Waals surface area contributed by atoms with Crippen LogP contribution in [0.25, 0.3) is 6.08 Å². The Hall–Kier alpha value is -2.23. The third kappa shape index (κ3) is 3.79. The molecule has 1 aliphatic heterocycles. The van der Waals surface area contributed by atoms with Crippen molar-refractivity contribution in [2.45, 2.75) is 20.3 Å². The maximum absolute atomic E-state index is 12.5. The van der Waals surface area contributed by atoms with Gasteiger partial charge in [0.2, 0.25) is 0 Å². The van der Waals surface area contributed by atoms with Crippen LogP contribution < -0.4 is 0 Å². The van der Waals surface area contributed by atoms with Gasteiger partial charge < -0.3 is 9.84 Å². The van der Waals surface area contributed by atoms with Crippen LogP contribution in [0.15, 0.2) is 59.4 Å². The van der Waals surface area contributed by atoms with E-state index in [1.165, 1.54) is 0 Å². The molecule has 1 aliphatic rings. The van der Waals surface area contributed by atoms with E-state index < -0.39 is 0 Å². The summed E-state index contributed by atoms with van der Waals surface area (Å²) in [6.07, 6.45) is 2.24. The van der Waals surface area contributed by atoms with Crippen molar-refractivity contribution in [1.29, 1.82) is 0 Å². The van der Waals surface area contributed by atoms with Crippen LogP contribution >= 0.6 is 23.2 Å². The van der Waals surface area contributed by atoms with Gasteiger partial charge in [0, 0.05) is 17.6 Å². The summed E-state index contributed by atoms with van der Waals surface area (Å²) in [5.41, 5.74) is 3.24. The Morgan fingerprint density at radius 3 is 2.31 bits per heavy atom. The molecular formula is C21H18Cl2O3. The number of phenolic OH excluding ortho intramolecular Hbond substituents is 1. The Kier molecular flexibility index (Phi) is 5.40. The van der Waals surface area contributed by atoms with Gasteiger partial charge in [-0.25, -0.2) is 4.79 Å². The number of ether oxygens (including phenoxy) is 1. The summed E-state index contributed by atoms with van der Waals surface area (Å²) in [4.78, 5) is 12.5. The minimum Gasteiger partial charge on any atom is -0.505 e. The van der Waals surface area contributed by atoms with Crippen molar-refractivity contribution in [3.05, 3.63) is 80.5 Å². The molecule has 0 unspecified atom stereocenters. The van der Waals surface area contributed by atoms with Crippen molar-refractivity contribution >= 4 is 35.2 Å². The number of carbonyl (C=O) groups is 1. The fourth-order valence-corrected chi connectivity index (χ4v) is 3.51. The van der Waals surface area contributed by atoms with E-state index in [-0.39, 0.29) is 27.7 Å². The summed E-state index contributed by atoms with van der Waals surface area (Å²) >= 11 is 12.0. The first-order valence-electron chi connectivity index (χ1n) is 8.26. The fraction of sp³-hybridized carbons (Fsp3) is 0.190. The van der Waals surface area contributed by atoms with Gasteiger partial charge in [0.1, 0.15) is 5.76 Å². The van der Waals surface area contributed by atoms with Crippen molar-refractivity contribution in [2.24, 2.45) is 5.92 Å². The largest absolute Gasteiger partial charge is 0.505 e. The smallest absolute Gasteiger partial charge is 0.340 e. The molecule has 5 heteroatoms. The molecule has 3 rings (SSSR count). The van der Waals surface area contributed by atoms with Crippen LogP contribution in [-0.4, -0.2) is 11.1 Å². The van der Waals surface area contributed by atoms with Crippen LogP contribution in [0.1, 0.15) is 25.0 Å². The van der Waals surface area contributed by atoms with Crippen molar-refractivity contribution in [2.75, 3.05) is 0 Å². The summed E-state index contributed by atoms with van der Waals surface area (Å²) < 4.78 is 5.53. The average Bonchev–Trinajstić information content (AvgIpc) is 2.89. The number of hydrogen-bond acceptors (Lipinski definition) is 3. The molecular weight excluding hydrogens is 371 g/mol. The molecule has 3 nitrogen and oxygen atoms in total. The molecule has 134 valence electrons. The van der Waals surface area contributed by atoms with E-state index in [1.54, 1.807) is 18.2 Å². The zero-order valence-electron chi connectivity index (χ0n) is 14.4. The quantitative estimate of drug-likeness (QED) is 0.673. The van der Waals surface area contributed by atoms with Gasteiger partial charge in [0.25, 0.3) is 0 Å². The van der Waals surface area contributed by atoms with Gasteiger partial charge in [-0.2, -0.15) is 0 Å². The molecule has 2 aromatic rings. The Morgan fingerprint density at radius 2 is 1.73 bits per heavy atom. The Labute approximate surface area is 162 Å². The van der Waals surface area contributed by atoms with Gasteiger partial charge >= 0.3 is 5.97 Å². The van der Waals surface area contributed by atoms with Gasteiger partial charge in [-0.1, -0.05) is 67.4 Å². The van der Waals surface area contributed by atoms with Gasteiger partial charge in [-0.3, -0.25) is 0 Å². The second-order valence-electron chi connectivity index (χ2n) is 6.44. The fourth-order valence-electron chi connectivity index (χ4n) is 3.00. The summed E-state index contributed by atoms with van der Waals surface area (Å²) in [5.74, 6) is 0.103. The van der Waals surface area contributed by atoms with Gasteiger partial charge in [-0.15, -0.1) is 0 Å². The lowest BCUT2D eigenvalue weighted by atomic mass is 9.92. The number of phenols is 1. The summed E-state index contributed by atoms with van der Waals surface area (Å²) in [6.45, 7) is 4.04. The molecule has 0 saturated carbocycles. The first-order valence-corrected chi connectivity index (χ1v) is 9.01. The molecule has 26 heavy (non-hydrogen) atoms. The average molecular weight is 389 g/mol. The molecule has 2 aromatic carbocycles. The van der Waals surface area contributed by atoms with E-state index in [0.717, 1.165) is 11.1 Å². The number of allylic oxidation sites excluding steroid dienone is 1.